The molecular formula is C14H13BrFNO. The molecule has 2 aromatic carbocycles. The van der Waals surface area contributed by atoms with Crippen LogP contribution >= 0.6 is 15.9 Å². The maximum absolute atomic E-state index is 13.1. The van der Waals surface area contributed by atoms with Crippen molar-refractivity contribution in [2.75, 3.05) is 11.9 Å². The minimum atomic E-state index is -0.255. The normalized spacial score (nSPS) is 10.4. The van der Waals surface area contributed by atoms with Crippen LogP contribution in [-0.4, -0.2) is 12.2 Å². The third kappa shape index (κ3) is 3.01. The summed E-state index contributed by atoms with van der Waals surface area (Å²) in [6, 6.07) is 11.5. The highest BCUT2D eigenvalue weighted by Crippen LogP contribution is 2.24. The van der Waals surface area contributed by atoms with E-state index >= 15 is 0 Å². The van der Waals surface area contributed by atoms with Crippen LogP contribution in [0.2, 0.25) is 0 Å². The SMILES string of the molecule is CN(Cc1cc(O)ccc1Br)c1cccc(F)c1. The number of hydrogen-bond donors (Lipinski definition) is 1. The van der Waals surface area contributed by atoms with Crippen molar-refractivity contribution in [3.8, 4) is 5.75 Å². The molecule has 94 valence electrons. The van der Waals surface area contributed by atoms with Crippen LogP contribution in [0.3, 0.4) is 0 Å². The Balaban J connectivity index is 2.21. The van der Waals surface area contributed by atoms with Crippen LogP contribution in [0, 0.1) is 5.82 Å². The Bertz CT molecular complexity index is 559. The van der Waals surface area contributed by atoms with Crippen molar-refractivity contribution in [2.45, 2.75) is 6.54 Å². The summed E-state index contributed by atoms with van der Waals surface area (Å²) in [6.07, 6.45) is 0. The highest BCUT2D eigenvalue weighted by molar-refractivity contribution is 9.10. The Morgan fingerprint density at radius 3 is 2.72 bits per heavy atom. The van der Waals surface area contributed by atoms with E-state index in [-0.39, 0.29) is 11.6 Å². The van der Waals surface area contributed by atoms with E-state index in [0.29, 0.717) is 6.54 Å². The summed E-state index contributed by atoms with van der Waals surface area (Å²) in [5, 5.41) is 9.47. The van der Waals surface area contributed by atoms with Crippen LogP contribution in [0.15, 0.2) is 46.9 Å². The van der Waals surface area contributed by atoms with Crippen LogP contribution in [0.1, 0.15) is 5.56 Å². The van der Waals surface area contributed by atoms with E-state index in [1.165, 1.54) is 12.1 Å². The van der Waals surface area contributed by atoms with Crippen LogP contribution in [0.5, 0.6) is 5.75 Å². The minimum Gasteiger partial charge on any atom is -0.508 e. The van der Waals surface area contributed by atoms with Gasteiger partial charge < -0.3 is 10.0 Å². The fourth-order valence-corrected chi connectivity index (χ4v) is 2.11. The second kappa shape index (κ2) is 5.40. The van der Waals surface area contributed by atoms with Crippen molar-refractivity contribution >= 4 is 21.6 Å². The fourth-order valence-electron chi connectivity index (χ4n) is 1.74. The van der Waals surface area contributed by atoms with E-state index in [9.17, 15) is 9.50 Å². The van der Waals surface area contributed by atoms with Crippen molar-refractivity contribution in [3.63, 3.8) is 0 Å². The van der Waals surface area contributed by atoms with E-state index in [1.54, 1.807) is 24.3 Å². The zero-order valence-corrected chi connectivity index (χ0v) is 11.5. The lowest BCUT2D eigenvalue weighted by atomic mass is 10.2. The quantitative estimate of drug-likeness (QED) is 0.928. The molecule has 0 saturated carbocycles. The van der Waals surface area contributed by atoms with Crippen LogP contribution < -0.4 is 4.90 Å². The average Bonchev–Trinajstić information content (AvgIpc) is 2.34. The molecular weight excluding hydrogens is 297 g/mol. The Morgan fingerprint density at radius 2 is 2.00 bits per heavy atom. The van der Waals surface area contributed by atoms with Gasteiger partial charge in [0, 0.05) is 23.8 Å². The first-order valence-electron chi connectivity index (χ1n) is 5.50. The topological polar surface area (TPSA) is 23.5 Å². The number of rotatable bonds is 3. The molecule has 0 heterocycles. The number of benzene rings is 2. The smallest absolute Gasteiger partial charge is 0.125 e. The van der Waals surface area contributed by atoms with Gasteiger partial charge in [-0.3, -0.25) is 0 Å². The Labute approximate surface area is 114 Å². The highest BCUT2D eigenvalue weighted by atomic mass is 79.9. The average molecular weight is 310 g/mol. The number of nitrogens with zero attached hydrogens (tertiary/aromatic N) is 1. The summed E-state index contributed by atoms with van der Waals surface area (Å²) >= 11 is 3.43. The van der Waals surface area contributed by atoms with Gasteiger partial charge in [-0.25, -0.2) is 4.39 Å². The molecule has 0 spiro atoms. The summed E-state index contributed by atoms with van der Waals surface area (Å²) in [4.78, 5) is 1.92. The first kappa shape index (κ1) is 12.9. The van der Waals surface area contributed by atoms with Gasteiger partial charge in [0.25, 0.3) is 0 Å². The molecule has 0 saturated heterocycles. The number of hydrogen-bond acceptors (Lipinski definition) is 2. The highest BCUT2D eigenvalue weighted by Gasteiger charge is 2.07. The number of halogens is 2. The lowest BCUT2D eigenvalue weighted by molar-refractivity contribution is 0.474. The summed E-state index contributed by atoms with van der Waals surface area (Å²) in [7, 11) is 1.88. The second-order valence-electron chi connectivity index (χ2n) is 4.11. The third-order valence-electron chi connectivity index (χ3n) is 2.69. The molecule has 4 heteroatoms. The summed E-state index contributed by atoms with van der Waals surface area (Å²) in [6.45, 7) is 0.582. The zero-order valence-electron chi connectivity index (χ0n) is 9.90. The number of phenolic OH excluding ortho intramolecular Hbond substituents is 1. The van der Waals surface area contributed by atoms with Crippen molar-refractivity contribution in [2.24, 2.45) is 0 Å². The molecule has 0 atom stereocenters. The molecule has 0 fully saturated rings. The van der Waals surface area contributed by atoms with Gasteiger partial charge in [-0.05, 0) is 42.0 Å². The molecule has 18 heavy (non-hydrogen) atoms. The third-order valence-corrected chi connectivity index (χ3v) is 3.46. The standard InChI is InChI=1S/C14H13BrFNO/c1-17(12-4-2-3-11(16)8-12)9-10-7-13(18)5-6-14(10)15/h2-8,18H,9H2,1H3. The van der Waals surface area contributed by atoms with E-state index in [1.807, 2.05) is 18.0 Å². The molecule has 2 rings (SSSR count). The van der Waals surface area contributed by atoms with Gasteiger partial charge in [0.1, 0.15) is 11.6 Å². The van der Waals surface area contributed by atoms with Gasteiger partial charge in [-0.1, -0.05) is 22.0 Å². The fraction of sp³-hybridized carbons (Fsp3) is 0.143. The van der Waals surface area contributed by atoms with Crippen LogP contribution in [0.4, 0.5) is 10.1 Å². The zero-order chi connectivity index (χ0) is 13.1. The molecule has 0 aliphatic rings. The van der Waals surface area contributed by atoms with Gasteiger partial charge in [0.2, 0.25) is 0 Å². The molecule has 0 unspecified atom stereocenters. The molecule has 0 bridgehead atoms. The molecule has 0 radical (unpaired) electrons. The summed E-state index contributed by atoms with van der Waals surface area (Å²) in [5.41, 5.74) is 1.74. The first-order chi connectivity index (χ1) is 8.56. The van der Waals surface area contributed by atoms with Gasteiger partial charge in [-0.15, -0.1) is 0 Å². The van der Waals surface area contributed by atoms with Crippen molar-refractivity contribution in [1.82, 2.24) is 0 Å². The van der Waals surface area contributed by atoms with Crippen molar-refractivity contribution in [3.05, 3.63) is 58.3 Å². The summed E-state index contributed by atoms with van der Waals surface area (Å²) < 4.78 is 14.1. The Kier molecular flexibility index (Phi) is 3.87. The monoisotopic (exact) mass is 309 g/mol. The minimum absolute atomic E-state index is 0.223. The first-order valence-corrected chi connectivity index (χ1v) is 6.29. The molecule has 2 aromatic rings. The lowest BCUT2D eigenvalue weighted by Crippen LogP contribution is -2.16. The van der Waals surface area contributed by atoms with Gasteiger partial charge in [-0.2, -0.15) is 0 Å². The molecule has 1 N–H and O–H groups in total. The van der Waals surface area contributed by atoms with Crippen LogP contribution in [-0.2, 0) is 6.54 Å². The van der Waals surface area contributed by atoms with E-state index in [4.69, 9.17) is 0 Å². The van der Waals surface area contributed by atoms with Gasteiger partial charge >= 0.3 is 0 Å². The van der Waals surface area contributed by atoms with Crippen molar-refractivity contribution in [1.29, 1.82) is 0 Å². The number of aromatic hydroxyl groups is 1. The summed E-state index contributed by atoms with van der Waals surface area (Å²) in [5.74, 6) is -0.0323. The largest absolute Gasteiger partial charge is 0.508 e. The Morgan fingerprint density at radius 1 is 1.22 bits per heavy atom. The number of anilines is 1. The molecule has 0 amide bonds. The van der Waals surface area contributed by atoms with E-state index in [2.05, 4.69) is 15.9 Å². The van der Waals surface area contributed by atoms with Crippen molar-refractivity contribution < 1.29 is 9.50 Å². The maximum atomic E-state index is 13.1. The molecule has 0 aliphatic heterocycles. The maximum Gasteiger partial charge on any atom is 0.125 e. The van der Waals surface area contributed by atoms with Crippen LogP contribution in [0.25, 0.3) is 0 Å². The molecule has 0 aliphatic carbocycles. The predicted octanol–water partition coefficient (Wildman–Crippen LogP) is 3.93. The van der Waals surface area contributed by atoms with E-state index in [0.717, 1.165) is 15.7 Å². The predicted molar refractivity (Wildman–Crippen MR) is 74.3 cm³/mol. The molecule has 0 aromatic heterocycles. The Hall–Kier alpha value is -1.55. The second-order valence-corrected chi connectivity index (χ2v) is 4.97. The van der Waals surface area contributed by atoms with Gasteiger partial charge in [0.15, 0.2) is 0 Å². The van der Waals surface area contributed by atoms with Gasteiger partial charge in [0.05, 0.1) is 0 Å². The lowest BCUT2D eigenvalue weighted by Gasteiger charge is -2.20. The van der Waals surface area contributed by atoms with E-state index < -0.39 is 0 Å². The number of phenols is 1. The molecule has 2 nitrogen and oxygen atoms in total.